The minimum absolute atomic E-state index is 0.0568. The zero-order valence-corrected chi connectivity index (χ0v) is 10.9. The molecule has 0 aliphatic heterocycles. The Kier molecular flexibility index (Phi) is 5.88. The molecule has 0 fully saturated rings. The molecule has 1 rings (SSSR count). The Balaban J connectivity index is 2.63. The van der Waals surface area contributed by atoms with Crippen LogP contribution in [0.1, 0.15) is 19.4 Å². The molecule has 0 spiro atoms. The van der Waals surface area contributed by atoms with Crippen LogP contribution in [0.5, 0.6) is 0 Å². The van der Waals surface area contributed by atoms with Crippen LogP contribution in [0.4, 0.5) is 8.78 Å². The Morgan fingerprint density at radius 3 is 2.65 bits per heavy atom. The summed E-state index contributed by atoms with van der Waals surface area (Å²) in [5, 5.41) is 0.489. The van der Waals surface area contributed by atoms with Crippen molar-refractivity contribution in [2.45, 2.75) is 31.6 Å². The summed E-state index contributed by atoms with van der Waals surface area (Å²) in [5.41, 5.74) is 3.00. The summed E-state index contributed by atoms with van der Waals surface area (Å²) < 4.78 is 26.4. The van der Waals surface area contributed by atoms with Crippen LogP contribution in [0.15, 0.2) is 18.2 Å². The maximum absolute atomic E-state index is 13.4. The van der Waals surface area contributed by atoms with Gasteiger partial charge in [-0.2, -0.15) is 11.8 Å². The molecule has 2 nitrogen and oxygen atoms in total. The van der Waals surface area contributed by atoms with Crippen molar-refractivity contribution >= 4 is 11.8 Å². The van der Waals surface area contributed by atoms with E-state index in [1.54, 1.807) is 11.8 Å². The molecule has 0 aliphatic rings. The fourth-order valence-electron chi connectivity index (χ4n) is 1.44. The average molecular weight is 260 g/mol. The Morgan fingerprint density at radius 1 is 1.35 bits per heavy atom. The first-order valence-corrected chi connectivity index (χ1v) is 6.59. The highest BCUT2D eigenvalue weighted by Crippen LogP contribution is 2.16. The van der Waals surface area contributed by atoms with E-state index < -0.39 is 5.82 Å². The number of thioether (sulfide) groups is 1. The molecule has 0 heterocycles. The Morgan fingerprint density at radius 2 is 2.06 bits per heavy atom. The lowest BCUT2D eigenvalue weighted by Crippen LogP contribution is -2.39. The minimum Gasteiger partial charge on any atom is -0.271 e. The van der Waals surface area contributed by atoms with Gasteiger partial charge in [-0.05, 0) is 35.4 Å². The third kappa shape index (κ3) is 5.02. The third-order valence-electron chi connectivity index (χ3n) is 2.34. The average Bonchev–Trinajstić information content (AvgIpc) is 2.28. The summed E-state index contributed by atoms with van der Waals surface area (Å²) in [6.07, 6.45) is 0.389. The predicted molar refractivity (Wildman–Crippen MR) is 68.8 cm³/mol. The quantitative estimate of drug-likeness (QED) is 0.609. The van der Waals surface area contributed by atoms with Crippen molar-refractivity contribution in [3.63, 3.8) is 0 Å². The molecule has 3 N–H and O–H groups in total. The molecule has 5 heteroatoms. The zero-order chi connectivity index (χ0) is 12.8. The van der Waals surface area contributed by atoms with Gasteiger partial charge < -0.3 is 0 Å². The van der Waals surface area contributed by atoms with Gasteiger partial charge in [0.25, 0.3) is 0 Å². The minimum atomic E-state index is -0.423. The van der Waals surface area contributed by atoms with Gasteiger partial charge >= 0.3 is 0 Å². The summed E-state index contributed by atoms with van der Waals surface area (Å²) in [5.74, 6) is 5.37. The van der Waals surface area contributed by atoms with Crippen molar-refractivity contribution in [3.05, 3.63) is 35.4 Å². The fraction of sp³-hybridized carbons (Fsp3) is 0.500. The molecular formula is C12H18F2N2S. The van der Waals surface area contributed by atoms with Gasteiger partial charge in [0.05, 0.1) is 0 Å². The van der Waals surface area contributed by atoms with Crippen LogP contribution in [-0.2, 0) is 6.42 Å². The SMILES string of the molecule is CC(C)SCC(Cc1cc(F)ccc1F)NN. The molecule has 96 valence electrons. The third-order valence-corrected chi connectivity index (χ3v) is 3.60. The first-order valence-electron chi connectivity index (χ1n) is 5.54. The second-order valence-corrected chi connectivity index (χ2v) is 5.80. The number of hydrogen-bond donors (Lipinski definition) is 2. The summed E-state index contributed by atoms with van der Waals surface area (Å²) in [6.45, 7) is 4.17. The highest BCUT2D eigenvalue weighted by molar-refractivity contribution is 7.99. The Labute approximate surface area is 105 Å². The second-order valence-electron chi connectivity index (χ2n) is 4.19. The lowest BCUT2D eigenvalue weighted by molar-refractivity contribution is 0.538. The highest BCUT2D eigenvalue weighted by atomic mass is 32.2. The molecular weight excluding hydrogens is 242 g/mol. The summed E-state index contributed by atoms with van der Waals surface area (Å²) in [7, 11) is 0. The van der Waals surface area contributed by atoms with Crippen LogP contribution in [0.3, 0.4) is 0 Å². The van der Waals surface area contributed by atoms with E-state index >= 15 is 0 Å². The predicted octanol–water partition coefficient (Wildman–Crippen LogP) is 2.48. The molecule has 0 saturated heterocycles. The van der Waals surface area contributed by atoms with Crippen molar-refractivity contribution in [1.29, 1.82) is 0 Å². The molecule has 0 saturated carbocycles. The van der Waals surface area contributed by atoms with Gasteiger partial charge in [0.1, 0.15) is 11.6 Å². The maximum Gasteiger partial charge on any atom is 0.126 e. The van der Waals surface area contributed by atoms with Crippen LogP contribution in [0, 0.1) is 11.6 Å². The highest BCUT2D eigenvalue weighted by Gasteiger charge is 2.12. The first-order chi connectivity index (χ1) is 8.02. The van der Waals surface area contributed by atoms with Crippen molar-refractivity contribution in [2.24, 2.45) is 5.84 Å². The van der Waals surface area contributed by atoms with E-state index in [4.69, 9.17) is 5.84 Å². The first kappa shape index (κ1) is 14.4. The number of hydrazine groups is 1. The molecule has 17 heavy (non-hydrogen) atoms. The van der Waals surface area contributed by atoms with Crippen molar-refractivity contribution in [1.82, 2.24) is 5.43 Å². The molecule has 0 radical (unpaired) electrons. The van der Waals surface area contributed by atoms with Crippen molar-refractivity contribution in [3.8, 4) is 0 Å². The lowest BCUT2D eigenvalue weighted by Gasteiger charge is -2.17. The number of rotatable bonds is 6. The second kappa shape index (κ2) is 6.93. The number of hydrogen-bond acceptors (Lipinski definition) is 3. The van der Waals surface area contributed by atoms with Crippen molar-refractivity contribution < 1.29 is 8.78 Å². The van der Waals surface area contributed by atoms with Crippen molar-refractivity contribution in [2.75, 3.05) is 5.75 Å². The molecule has 1 atom stereocenters. The van der Waals surface area contributed by atoms with E-state index in [2.05, 4.69) is 19.3 Å². The lowest BCUT2D eigenvalue weighted by atomic mass is 10.1. The monoisotopic (exact) mass is 260 g/mol. The molecule has 1 aromatic rings. The normalized spacial score (nSPS) is 13.1. The number of benzene rings is 1. The van der Waals surface area contributed by atoms with Crippen LogP contribution in [0.2, 0.25) is 0 Å². The summed E-state index contributed by atoms with van der Waals surface area (Å²) in [4.78, 5) is 0. The number of halogens is 2. The molecule has 0 aromatic heterocycles. The topological polar surface area (TPSA) is 38.0 Å². The molecule has 1 unspecified atom stereocenters. The standard InChI is InChI=1S/C12H18F2N2S/c1-8(2)17-7-11(16-15)6-9-5-10(13)3-4-12(9)14/h3-5,8,11,16H,6-7,15H2,1-2H3. The van der Waals surface area contributed by atoms with E-state index in [0.29, 0.717) is 17.2 Å². The van der Waals surface area contributed by atoms with Gasteiger partial charge in [-0.1, -0.05) is 13.8 Å². The van der Waals surface area contributed by atoms with E-state index in [1.165, 1.54) is 6.07 Å². The van der Waals surface area contributed by atoms with E-state index in [1.807, 2.05) is 0 Å². The number of nitrogens with one attached hydrogen (secondary N) is 1. The summed E-state index contributed by atoms with van der Waals surface area (Å²) >= 11 is 1.73. The molecule has 0 amide bonds. The number of nitrogens with two attached hydrogens (primary N) is 1. The Bertz CT molecular complexity index is 358. The van der Waals surface area contributed by atoms with Gasteiger partial charge in [-0.3, -0.25) is 11.3 Å². The largest absolute Gasteiger partial charge is 0.271 e. The van der Waals surface area contributed by atoms with Gasteiger partial charge in [-0.15, -0.1) is 0 Å². The fourth-order valence-corrected chi connectivity index (χ4v) is 2.27. The Hall–Kier alpha value is -0.650. The smallest absolute Gasteiger partial charge is 0.126 e. The van der Waals surface area contributed by atoms with Gasteiger partial charge in [0.2, 0.25) is 0 Å². The van der Waals surface area contributed by atoms with Crippen LogP contribution in [0.25, 0.3) is 0 Å². The van der Waals surface area contributed by atoms with E-state index in [-0.39, 0.29) is 11.9 Å². The molecule has 0 bridgehead atoms. The molecule has 0 aliphatic carbocycles. The van der Waals surface area contributed by atoms with E-state index in [9.17, 15) is 8.78 Å². The van der Waals surface area contributed by atoms with Gasteiger partial charge in [-0.25, -0.2) is 8.78 Å². The van der Waals surface area contributed by atoms with Crippen LogP contribution in [-0.4, -0.2) is 17.0 Å². The summed E-state index contributed by atoms with van der Waals surface area (Å²) in [6, 6.07) is 3.43. The maximum atomic E-state index is 13.4. The van der Waals surface area contributed by atoms with Crippen LogP contribution >= 0.6 is 11.8 Å². The molecule has 1 aromatic carbocycles. The van der Waals surface area contributed by atoms with E-state index in [0.717, 1.165) is 17.9 Å². The van der Waals surface area contributed by atoms with Gasteiger partial charge in [0.15, 0.2) is 0 Å². The van der Waals surface area contributed by atoms with Crippen LogP contribution < -0.4 is 11.3 Å². The zero-order valence-electron chi connectivity index (χ0n) is 10.0. The van der Waals surface area contributed by atoms with Gasteiger partial charge in [0, 0.05) is 11.8 Å².